The summed E-state index contributed by atoms with van der Waals surface area (Å²) in [4.78, 5) is 5.66. The molecule has 2 nitrogen and oxygen atoms in total. The molecule has 0 amide bonds. The Morgan fingerprint density at radius 2 is 1.92 bits per heavy atom. The van der Waals surface area contributed by atoms with E-state index in [4.69, 9.17) is 5.73 Å². The molecule has 2 N–H and O–H groups in total. The number of hydrogen-bond acceptors (Lipinski definition) is 3. The standard InChI is InChI=1S/C8H14N2S.2ClH/c1-4-7(9)8-10-5(2)6(3)11-8;;/h7H,4,9H2,1-3H3;2*1H. The second-order valence-corrected chi connectivity index (χ2v) is 3.94. The number of hydrogen-bond donors (Lipinski definition) is 1. The zero-order valence-corrected chi connectivity index (χ0v) is 10.5. The van der Waals surface area contributed by atoms with Gasteiger partial charge in [0, 0.05) is 4.88 Å². The Kier molecular flexibility index (Phi) is 7.93. The molecular formula is C8H16Cl2N2S. The van der Waals surface area contributed by atoms with Gasteiger partial charge < -0.3 is 5.73 Å². The average Bonchev–Trinajstić information content (AvgIpc) is 2.31. The van der Waals surface area contributed by atoms with E-state index in [9.17, 15) is 0 Å². The molecule has 1 heterocycles. The summed E-state index contributed by atoms with van der Waals surface area (Å²) in [6.07, 6.45) is 0.965. The van der Waals surface area contributed by atoms with Crippen molar-refractivity contribution in [1.29, 1.82) is 0 Å². The topological polar surface area (TPSA) is 38.9 Å². The summed E-state index contributed by atoms with van der Waals surface area (Å²) in [7, 11) is 0. The molecule has 1 atom stereocenters. The van der Waals surface area contributed by atoms with Gasteiger partial charge in [-0.1, -0.05) is 6.92 Å². The summed E-state index contributed by atoms with van der Waals surface area (Å²) >= 11 is 1.71. The van der Waals surface area contributed by atoms with Crippen molar-refractivity contribution < 1.29 is 0 Å². The molecule has 78 valence electrons. The van der Waals surface area contributed by atoms with Gasteiger partial charge in [0.05, 0.1) is 11.7 Å². The van der Waals surface area contributed by atoms with Crippen LogP contribution in [0.3, 0.4) is 0 Å². The second-order valence-electron chi connectivity index (χ2n) is 2.71. The fourth-order valence-corrected chi connectivity index (χ4v) is 1.84. The Morgan fingerprint density at radius 1 is 1.38 bits per heavy atom. The first-order valence-corrected chi connectivity index (χ1v) is 4.66. The molecule has 13 heavy (non-hydrogen) atoms. The van der Waals surface area contributed by atoms with Crippen LogP contribution < -0.4 is 5.73 Å². The molecule has 1 unspecified atom stereocenters. The molecule has 0 saturated heterocycles. The SMILES string of the molecule is CCC(N)c1nc(C)c(C)s1.Cl.Cl. The van der Waals surface area contributed by atoms with Gasteiger partial charge in [-0.15, -0.1) is 36.2 Å². The lowest BCUT2D eigenvalue weighted by atomic mass is 10.2. The molecule has 0 bridgehead atoms. The minimum absolute atomic E-state index is 0. The van der Waals surface area contributed by atoms with E-state index in [1.807, 2.05) is 6.92 Å². The molecular weight excluding hydrogens is 227 g/mol. The molecule has 0 aromatic carbocycles. The van der Waals surface area contributed by atoms with Crippen LogP contribution in [0.1, 0.15) is 35.0 Å². The first-order chi connectivity index (χ1) is 5.15. The van der Waals surface area contributed by atoms with Crippen LogP contribution in [-0.4, -0.2) is 4.98 Å². The fourth-order valence-electron chi connectivity index (χ4n) is 0.831. The quantitative estimate of drug-likeness (QED) is 0.867. The molecule has 0 spiro atoms. The van der Waals surface area contributed by atoms with Gasteiger partial charge in [0.15, 0.2) is 0 Å². The first-order valence-electron chi connectivity index (χ1n) is 3.84. The number of nitrogens with two attached hydrogens (primary N) is 1. The van der Waals surface area contributed by atoms with Crippen LogP contribution in [0.5, 0.6) is 0 Å². The highest BCUT2D eigenvalue weighted by atomic mass is 35.5. The monoisotopic (exact) mass is 242 g/mol. The van der Waals surface area contributed by atoms with Crippen LogP contribution >= 0.6 is 36.2 Å². The van der Waals surface area contributed by atoms with Gasteiger partial charge in [0.2, 0.25) is 0 Å². The maximum Gasteiger partial charge on any atom is 0.110 e. The van der Waals surface area contributed by atoms with Gasteiger partial charge in [0.25, 0.3) is 0 Å². The average molecular weight is 243 g/mol. The van der Waals surface area contributed by atoms with Gasteiger partial charge >= 0.3 is 0 Å². The zero-order valence-electron chi connectivity index (χ0n) is 8.03. The number of rotatable bonds is 2. The van der Waals surface area contributed by atoms with Crippen molar-refractivity contribution in [2.45, 2.75) is 33.2 Å². The van der Waals surface area contributed by atoms with Crippen LogP contribution in [0.25, 0.3) is 0 Å². The lowest BCUT2D eigenvalue weighted by molar-refractivity contribution is 0.691. The predicted molar refractivity (Wildman–Crippen MR) is 63.3 cm³/mol. The van der Waals surface area contributed by atoms with E-state index in [0.29, 0.717) is 0 Å². The van der Waals surface area contributed by atoms with Crippen molar-refractivity contribution >= 4 is 36.2 Å². The molecule has 0 aliphatic heterocycles. The normalized spacial score (nSPS) is 11.4. The third-order valence-electron chi connectivity index (χ3n) is 1.80. The smallest absolute Gasteiger partial charge is 0.110 e. The summed E-state index contributed by atoms with van der Waals surface area (Å²) in [6, 6.07) is 0.132. The number of thiazole rings is 1. The Balaban J connectivity index is 0. The number of aryl methyl sites for hydroxylation is 2. The van der Waals surface area contributed by atoms with Gasteiger partial charge in [0.1, 0.15) is 5.01 Å². The number of aromatic nitrogens is 1. The summed E-state index contributed by atoms with van der Waals surface area (Å²) in [5.74, 6) is 0. The molecule has 5 heteroatoms. The molecule has 1 aromatic heterocycles. The highest BCUT2D eigenvalue weighted by Crippen LogP contribution is 2.22. The van der Waals surface area contributed by atoms with E-state index < -0.39 is 0 Å². The van der Waals surface area contributed by atoms with Gasteiger partial charge in [-0.25, -0.2) is 4.98 Å². The molecule has 1 aromatic rings. The Hall–Kier alpha value is 0.170. The largest absolute Gasteiger partial charge is 0.322 e. The molecule has 0 radical (unpaired) electrons. The lowest BCUT2D eigenvalue weighted by Crippen LogP contribution is -2.07. The maximum absolute atomic E-state index is 5.82. The molecule has 1 rings (SSSR count). The predicted octanol–water partition coefficient (Wildman–Crippen LogP) is 3.01. The Labute approximate surface area is 95.8 Å². The number of nitrogens with zero attached hydrogens (tertiary/aromatic N) is 1. The van der Waals surface area contributed by atoms with E-state index in [0.717, 1.165) is 17.1 Å². The third-order valence-corrected chi connectivity index (χ3v) is 3.01. The van der Waals surface area contributed by atoms with Crippen molar-refractivity contribution in [2.24, 2.45) is 5.73 Å². The Bertz CT molecular complexity index is 231. The molecule has 0 fully saturated rings. The van der Waals surface area contributed by atoms with Gasteiger partial charge in [-0.2, -0.15) is 0 Å². The van der Waals surface area contributed by atoms with Gasteiger partial charge in [-0.3, -0.25) is 0 Å². The van der Waals surface area contributed by atoms with Crippen molar-refractivity contribution in [1.82, 2.24) is 4.98 Å². The minimum Gasteiger partial charge on any atom is -0.322 e. The van der Waals surface area contributed by atoms with Crippen molar-refractivity contribution in [3.8, 4) is 0 Å². The van der Waals surface area contributed by atoms with Gasteiger partial charge in [-0.05, 0) is 20.3 Å². The fraction of sp³-hybridized carbons (Fsp3) is 0.625. The van der Waals surface area contributed by atoms with E-state index in [1.165, 1.54) is 4.88 Å². The lowest BCUT2D eigenvalue weighted by Gasteiger charge is -2.01. The minimum atomic E-state index is 0. The van der Waals surface area contributed by atoms with E-state index in [-0.39, 0.29) is 30.9 Å². The third kappa shape index (κ3) is 3.81. The van der Waals surface area contributed by atoms with Crippen molar-refractivity contribution in [2.75, 3.05) is 0 Å². The van der Waals surface area contributed by atoms with Crippen LogP contribution in [0.2, 0.25) is 0 Å². The summed E-state index contributed by atoms with van der Waals surface area (Å²) in [5.41, 5.74) is 6.94. The molecule has 0 saturated carbocycles. The number of halogens is 2. The summed E-state index contributed by atoms with van der Waals surface area (Å²) in [6.45, 7) is 6.19. The van der Waals surface area contributed by atoms with Crippen LogP contribution in [0, 0.1) is 13.8 Å². The summed E-state index contributed by atoms with van der Waals surface area (Å²) in [5, 5.41) is 1.07. The highest BCUT2D eigenvalue weighted by Gasteiger charge is 2.09. The summed E-state index contributed by atoms with van der Waals surface area (Å²) < 4.78 is 0. The van der Waals surface area contributed by atoms with E-state index in [1.54, 1.807) is 11.3 Å². The van der Waals surface area contributed by atoms with E-state index in [2.05, 4.69) is 18.8 Å². The highest BCUT2D eigenvalue weighted by molar-refractivity contribution is 7.11. The maximum atomic E-state index is 5.82. The molecule has 0 aliphatic rings. The van der Waals surface area contributed by atoms with Crippen LogP contribution in [0.4, 0.5) is 0 Å². The van der Waals surface area contributed by atoms with E-state index >= 15 is 0 Å². The molecule has 0 aliphatic carbocycles. The van der Waals surface area contributed by atoms with Crippen LogP contribution in [0.15, 0.2) is 0 Å². The van der Waals surface area contributed by atoms with Crippen LogP contribution in [-0.2, 0) is 0 Å². The first kappa shape index (κ1) is 15.6. The van der Waals surface area contributed by atoms with Crippen molar-refractivity contribution in [3.05, 3.63) is 15.6 Å². The second kappa shape index (κ2) is 6.60. The van der Waals surface area contributed by atoms with Crippen molar-refractivity contribution in [3.63, 3.8) is 0 Å². The Morgan fingerprint density at radius 3 is 2.23 bits per heavy atom. The zero-order chi connectivity index (χ0) is 8.43.